The summed E-state index contributed by atoms with van der Waals surface area (Å²) in [5.41, 5.74) is 7.69. The molecule has 1 aromatic rings. The predicted octanol–water partition coefficient (Wildman–Crippen LogP) is 2.21. The van der Waals surface area contributed by atoms with Gasteiger partial charge >= 0.3 is 0 Å². The van der Waals surface area contributed by atoms with Crippen LogP contribution in [0.1, 0.15) is 5.56 Å². The molecular formula is C8H10INO. The zero-order valence-corrected chi connectivity index (χ0v) is 8.46. The summed E-state index contributed by atoms with van der Waals surface area (Å²) in [5.74, 6) is 0.816. The Labute approximate surface area is 79.9 Å². The molecule has 0 saturated carbocycles. The summed E-state index contributed by atoms with van der Waals surface area (Å²) in [6.07, 6.45) is 0. The van der Waals surface area contributed by atoms with Crippen molar-refractivity contribution < 1.29 is 4.74 Å². The number of ether oxygens (including phenoxy) is 1. The Hall–Kier alpha value is -0.450. The van der Waals surface area contributed by atoms with E-state index in [1.54, 1.807) is 7.11 Å². The molecule has 0 aliphatic rings. The van der Waals surface area contributed by atoms with E-state index in [1.165, 1.54) is 0 Å². The van der Waals surface area contributed by atoms with Gasteiger partial charge in [0.15, 0.2) is 0 Å². The van der Waals surface area contributed by atoms with E-state index in [2.05, 4.69) is 22.6 Å². The molecule has 11 heavy (non-hydrogen) atoms. The minimum Gasteiger partial charge on any atom is -0.497 e. The normalized spacial score (nSPS) is 9.64. The highest BCUT2D eigenvalue weighted by molar-refractivity contribution is 14.1. The van der Waals surface area contributed by atoms with Gasteiger partial charge < -0.3 is 10.5 Å². The van der Waals surface area contributed by atoms with Crippen molar-refractivity contribution in [3.63, 3.8) is 0 Å². The molecule has 0 aliphatic heterocycles. The summed E-state index contributed by atoms with van der Waals surface area (Å²) in [7, 11) is 1.64. The Morgan fingerprint density at radius 3 is 2.73 bits per heavy atom. The smallest absolute Gasteiger partial charge is 0.120 e. The largest absolute Gasteiger partial charge is 0.497 e. The monoisotopic (exact) mass is 263 g/mol. The van der Waals surface area contributed by atoms with Crippen molar-refractivity contribution in [2.75, 3.05) is 12.8 Å². The van der Waals surface area contributed by atoms with Gasteiger partial charge in [0.05, 0.1) is 7.11 Å². The van der Waals surface area contributed by atoms with E-state index in [0.717, 1.165) is 21.4 Å². The molecular weight excluding hydrogens is 253 g/mol. The van der Waals surface area contributed by atoms with Crippen molar-refractivity contribution in [2.45, 2.75) is 4.43 Å². The third kappa shape index (κ3) is 1.99. The number of hydrogen-bond acceptors (Lipinski definition) is 2. The number of nitrogen functional groups attached to an aromatic ring is 1. The summed E-state index contributed by atoms with van der Waals surface area (Å²) >= 11 is 2.28. The lowest BCUT2D eigenvalue weighted by Gasteiger charge is -2.04. The van der Waals surface area contributed by atoms with E-state index < -0.39 is 0 Å². The van der Waals surface area contributed by atoms with Gasteiger partial charge in [0, 0.05) is 16.2 Å². The van der Waals surface area contributed by atoms with Gasteiger partial charge in [-0.25, -0.2) is 0 Å². The number of benzene rings is 1. The zero-order chi connectivity index (χ0) is 8.27. The van der Waals surface area contributed by atoms with Crippen LogP contribution in [0.5, 0.6) is 5.75 Å². The summed E-state index contributed by atoms with van der Waals surface area (Å²) in [5, 5.41) is 0. The number of anilines is 1. The van der Waals surface area contributed by atoms with Crippen LogP contribution >= 0.6 is 22.6 Å². The number of nitrogens with two attached hydrogens (primary N) is 1. The molecule has 0 fully saturated rings. The standard InChI is InChI=1S/C8H10INO/c1-11-7-3-2-6(5-9)8(10)4-7/h2-4H,5,10H2,1H3. The number of halogens is 1. The molecule has 2 N–H and O–H groups in total. The summed E-state index contributed by atoms with van der Waals surface area (Å²) in [6.45, 7) is 0. The van der Waals surface area contributed by atoms with E-state index in [4.69, 9.17) is 10.5 Å². The van der Waals surface area contributed by atoms with Gasteiger partial charge in [0.2, 0.25) is 0 Å². The fourth-order valence-electron chi connectivity index (χ4n) is 0.822. The number of hydrogen-bond donors (Lipinski definition) is 1. The second-order valence-electron chi connectivity index (χ2n) is 2.20. The average molecular weight is 263 g/mol. The Morgan fingerprint density at radius 2 is 2.27 bits per heavy atom. The van der Waals surface area contributed by atoms with Crippen LogP contribution in [0.3, 0.4) is 0 Å². The lowest BCUT2D eigenvalue weighted by Crippen LogP contribution is -1.92. The van der Waals surface area contributed by atoms with Crippen molar-refractivity contribution in [1.82, 2.24) is 0 Å². The maximum absolute atomic E-state index is 5.72. The summed E-state index contributed by atoms with van der Waals surface area (Å²) < 4.78 is 5.95. The molecule has 1 rings (SSSR count). The average Bonchev–Trinajstić information content (AvgIpc) is 2.04. The van der Waals surface area contributed by atoms with Crippen LogP contribution in [0.4, 0.5) is 5.69 Å². The highest BCUT2D eigenvalue weighted by Crippen LogP contribution is 2.21. The zero-order valence-electron chi connectivity index (χ0n) is 6.30. The van der Waals surface area contributed by atoms with E-state index in [-0.39, 0.29) is 0 Å². The fraction of sp³-hybridized carbons (Fsp3) is 0.250. The van der Waals surface area contributed by atoms with Gasteiger partial charge in [-0.05, 0) is 11.6 Å². The van der Waals surface area contributed by atoms with Crippen molar-refractivity contribution in [1.29, 1.82) is 0 Å². The molecule has 0 amide bonds. The molecule has 60 valence electrons. The van der Waals surface area contributed by atoms with E-state index in [0.29, 0.717) is 0 Å². The highest BCUT2D eigenvalue weighted by atomic mass is 127. The van der Waals surface area contributed by atoms with E-state index in [9.17, 15) is 0 Å². The van der Waals surface area contributed by atoms with Crippen LogP contribution in [-0.4, -0.2) is 7.11 Å². The van der Waals surface area contributed by atoms with Crippen LogP contribution in [0.15, 0.2) is 18.2 Å². The maximum Gasteiger partial charge on any atom is 0.120 e. The van der Waals surface area contributed by atoms with Gasteiger partial charge in [0.1, 0.15) is 5.75 Å². The van der Waals surface area contributed by atoms with Crippen LogP contribution in [0.25, 0.3) is 0 Å². The van der Waals surface area contributed by atoms with Gasteiger partial charge in [0.25, 0.3) is 0 Å². The second-order valence-corrected chi connectivity index (χ2v) is 2.96. The van der Waals surface area contributed by atoms with Gasteiger partial charge in [-0.3, -0.25) is 0 Å². The van der Waals surface area contributed by atoms with Gasteiger partial charge in [-0.2, -0.15) is 0 Å². The van der Waals surface area contributed by atoms with Crippen LogP contribution < -0.4 is 10.5 Å². The summed E-state index contributed by atoms with van der Waals surface area (Å²) in [4.78, 5) is 0. The van der Waals surface area contributed by atoms with E-state index >= 15 is 0 Å². The first-order valence-electron chi connectivity index (χ1n) is 3.26. The molecule has 0 spiro atoms. The molecule has 0 radical (unpaired) electrons. The Balaban J connectivity index is 2.99. The van der Waals surface area contributed by atoms with Crippen molar-refractivity contribution in [2.24, 2.45) is 0 Å². The molecule has 2 nitrogen and oxygen atoms in total. The summed E-state index contributed by atoms with van der Waals surface area (Å²) in [6, 6.07) is 5.75. The third-order valence-corrected chi connectivity index (χ3v) is 2.32. The van der Waals surface area contributed by atoms with E-state index in [1.807, 2.05) is 18.2 Å². The predicted molar refractivity (Wildman–Crippen MR) is 55.1 cm³/mol. The van der Waals surface area contributed by atoms with Crippen molar-refractivity contribution in [3.05, 3.63) is 23.8 Å². The third-order valence-electron chi connectivity index (χ3n) is 1.50. The molecule has 1 aromatic carbocycles. The maximum atomic E-state index is 5.72. The molecule has 0 heterocycles. The topological polar surface area (TPSA) is 35.2 Å². The first kappa shape index (κ1) is 8.64. The minimum absolute atomic E-state index is 0.804. The number of methoxy groups -OCH3 is 1. The lowest BCUT2D eigenvalue weighted by atomic mass is 10.2. The van der Waals surface area contributed by atoms with Crippen molar-refractivity contribution in [3.8, 4) is 5.75 Å². The Bertz CT molecular complexity index is 250. The van der Waals surface area contributed by atoms with Gasteiger partial charge in [-0.15, -0.1) is 0 Å². The quantitative estimate of drug-likeness (QED) is 0.504. The highest BCUT2D eigenvalue weighted by Gasteiger charge is 1.97. The molecule has 0 atom stereocenters. The molecule has 0 aliphatic carbocycles. The molecule has 0 saturated heterocycles. The van der Waals surface area contributed by atoms with Crippen LogP contribution in [0, 0.1) is 0 Å². The fourth-order valence-corrected chi connectivity index (χ4v) is 1.52. The SMILES string of the molecule is COc1ccc(CI)c(N)c1. The lowest BCUT2D eigenvalue weighted by molar-refractivity contribution is 0.415. The first-order chi connectivity index (χ1) is 5.27. The Kier molecular flexibility index (Phi) is 2.99. The van der Waals surface area contributed by atoms with Crippen LogP contribution in [-0.2, 0) is 4.43 Å². The van der Waals surface area contributed by atoms with Crippen LogP contribution in [0.2, 0.25) is 0 Å². The molecule has 0 bridgehead atoms. The van der Waals surface area contributed by atoms with Gasteiger partial charge in [-0.1, -0.05) is 28.7 Å². The minimum atomic E-state index is 0.804. The molecule has 0 unspecified atom stereocenters. The molecule has 0 aromatic heterocycles. The number of alkyl halides is 1. The van der Waals surface area contributed by atoms with Crippen molar-refractivity contribution >= 4 is 28.3 Å². The Morgan fingerprint density at radius 1 is 1.55 bits per heavy atom. The number of rotatable bonds is 2. The molecule has 3 heteroatoms. The first-order valence-corrected chi connectivity index (χ1v) is 4.79. The second kappa shape index (κ2) is 3.80.